The third-order valence-corrected chi connectivity index (χ3v) is 5.77. The molecule has 7 nitrogen and oxygen atoms in total. The second-order valence-electron chi connectivity index (χ2n) is 8.20. The van der Waals surface area contributed by atoms with Crippen molar-refractivity contribution < 1.29 is 4.79 Å². The molecule has 9 heteroatoms. The van der Waals surface area contributed by atoms with E-state index in [1.165, 1.54) is 12.0 Å². The highest BCUT2D eigenvalue weighted by Gasteiger charge is 2.18. The summed E-state index contributed by atoms with van der Waals surface area (Å²) in [5.41, 5.74) is 2.78. The molecule has 0 aliphatic carbocycles. The number of rotatable bonds is 5. The number of aromatic nitrogens is 2. The first-order chi connectivity index (χ1) is 14.1. The van der Waals surface area contributed by atoms with Crippen LogP contribution in [0.5, 0.6) is 0 Å². The Hall–Kier alpha value is -1.93. The van der Waals surface area contributed by atoms with Gasteiger partial charge in [0.2, 0.25) is 5.95 Å². The summed E-state index contributed by atoms with van der Waals surface area (Å²) in [6.07, 6.45) is 2.29. The third-order valence-electron chi connectivity index (χ3n) is 5.77. The maximum absolute atomic E-state index is 12.7. The minimum absolute atomic E-state index is 0. The molecule has 31 heavy (non-hydrogen) atoms. The average Bonchev–Trinajstić information content (AvgIpc) is 3.21. The van der Waals surface area contributed by atoms with Crippen LogP contribution in [0, 0.1) is 12.8 Å². The zero-order valence-electron chi connectivity index (χ0n) is 18.1. The highest BCUT2D eigenvalue weighted by Crippen LogP contribution is 2.18. The molecule has 1 unspecified atom stereocenters. The molecule has 2 fully saturated rings. The Bertz CT molecular complexity index is 850. The number of halogens is 2. The van der Waals surface area contributed by atoms with Crippen LogP contribution in [0.1, 0.15) is 28.0 Å². The number of nitrogens with one attached hydrogen (secondary N) is 2. The number of piperazine rings is 1. The lowest BCUT2D eigenvalue weighted by Crippen LogP contribution is -2.45. The Morgan fingerprint density at radius 1 is 1.13 bits per heavy atom. The minimum atomic E-state index is -0.137. The lowest BCUT2D eigenvalue weighted by atomic mass is 9.98. The first kappa shape index (κ1) is 25.3. The monoisotopic (exact) mass is 466 g/mol. The molecule has 2 aromatic rings. The number of nitrogens with zero attached hydrogens (tertiary/aromatic N) is 4. The predicted octanol–water partition coefficient (Wildman–Crippen LogP) is 2.78. The van der Waals surface area contributed by atoms with Crippen LogP contribution >= 0.6 is 24.8 Å². The van der Waals surface area contributed by atoms with E-state index in [1.807, 2.05) is 25.1 Å². The number of likely N-dealkylation sites (N-methyl/N-ethyl adjacent to an activating group) is 1. The second kappa shape index (κ2) is 11.6. The largest absolute Gasteiger partial charge is 0.338 e. The van der Waals surface area contributed by atoms with Gasteiger partial charge in [0, 0.05) is 43.5 Å². The molecule has 3 heterocycles. The van der Waals surface area contributed by atoms with Gasteiger partial charge in [0.25, 0.3) is 5.91 Å². The normalized spacial score (nSPS) is 18.8. The number of carbonyl (C=O) groups excluding carboxylic acids is 1. The van der Waals surface area contributed by atoms with Gasteiger partial charge < -0.3 is 20.4 Å². The van der Waals surface area contributed by atoms with Gasteiger partial charge in [0.1, 0.15) is 5.82 Å². The van der Waals surface area contributed by atoms with Crippen molar-refractivity contribution in [1.29, 1.82) is 0 Å². The number of amides is 1. The summed E-state index contributed by atoms with van der Waals surface area (Å²) in [6, 6.07) is 9.76. The van der Waals surface area contributed by atoms with E-state index in [2.05, 4.69) is 49.6 Å². The van der Waals surface area contributed by atoms with Gasteiger partial charge in [-0.25, -0.2) is 4.98 Å². The Labute approximate surface area is 196 Å². The van der Waals surface area contributed by atoms with E-state index in [0.717, 1.165) is 51.4 Å². The summed E-state index contributed by atoms with van der Waals surface area (Å²) in [5, 5.41) is 6.35. The standard InChI is InChI=1S/C22H30N6O.2ClH/c1-16-13-20(26-22(24-16)28-11-9-27(2)10-12-28)25-21(29)19-5-3-17(4-6-19)14-18-7-8-23-15-18;;/h3-6,13,18,23H,7-12,14-15H2,1-2H3,(H,24,25,26,29);2*1H. The molecular weight excluding hydrogens is 435 g/mol. The molecule has 0 bridgehead atoms. The Morgan fingerprint density at radius 2 is 1.84 bits per heavy atom. The van der Waals surface area contributed by atoms with Crippen LogP contribution in [0.2, 0.25) is 0 Å². The molecule has 1 aromatic carbocycles. The molecule has 0 saturated carbocycles. The summed E-state index contributed by atoms with van der Waals surface area (Å²) >= 11 is 0. The molecule has 2 aliphatic heterocycles. The number of benzene rings is 1. The maximum Gasteiger partial charge on any atom is 0.256 e. The zero-order valence-corrected chi connectivity index (χ0v) is 19.8. The summed E-state index contributed by atoms with van der Waals surface area (Å²) in [4.78, 5) is 26.3. The summed E-state index contributed by atoms with van der Waals surface area (Å²) < 4.78 is 0. The molecule has 1 aromatic heterocycles. The van der Waals surface area contributed by atoms with Crippen molar-refractivity contribution in [3.05, 3.63) is 47.2 Å². The number of anilines is 2. The van der Waals surface area contributed by atoms with Crippen molar-refractivity contribution in [3.63, 3.8) is 0 Å². The van der Waals surface area contributed by atoms with E-state index in [1.54, 1.807) is 0 Å². The highest BCUT2D eigenvalue weighted by molar-refractivity contribution is 6.03. The van der Waals surface area contributed by atoms with Crippen molar-refractivity contribution in [2.24, 2.45) is 5.92 Å². The Morgan fingerprint density at radius 3 is 2.48 bits per heavy atom. The molecule has 0 radical (unpaired) electrons. The minimum Gasteiger partial charge on any atom is -0.338 e. The SMILES string of the molecule is Cc1cc(NC(=O)c2ccc(CC3CCNC3)cc2)nc(N2CCN(C)CC2)n1.Cl.Cl. The number of carbonyl (C=O) groups is 1. The van der Waals surface area contributed by atoms with Gasteiger partial charge in [0.15, 0.2) is 0 Å². The molecule has 2 saturated heterocycles. The smallest absolute Gasteiger partial charge is 0.256 e. The Kier molecular flexibility index (Phi) is 9.50. The molecule has 1 atom stereocenters. The fourth-order valence-corrected chi connectivity index (χ4v) is 3.97. The van der Waals surface area contributed by atoms with Crippen molar-refractivity contribution >= 4 is 42.5 Å². The molecule has 170 valence electrons. The summed E-state index contributed by atoms with van der Waals surface area (Å²) in [6.45, 7) is 7.90. The van der Waals surface area contributed by atoms with Crippen LogP contribution in [0.15, 0.2) is 30.3 Å². The summed E-state index contributed by atoms with van der Waals surface area (Å²) in [5.74, 6) is 1.81. The average molecular weight is 467 g/mol. The number of hydrogen-bond acceptors (Lipinski definition) is 6. The van der Waals surface area contributed by atoms with Gasteiger partial charge in [-0.2, -0.15) is 4.98 Å². The molecule has 4 rings (SSSR count). The molecular formula is C22H32Cl2N6O. The van der Waals surface area contributed by atoms with Crippen molar-refractivity contribution in [2.45, 2.75) is 19.8 Å². The van der Waals surface area contributed by atoms with Crippen LogP contribution in [0.25, 0.3) is 0 Å². The van der Waals surface area contributed by atoms with Crippen molar-refractivity contribution in [1.82, 2.24) is 20.2 Å². The lowest BCUT2D eigenvalue weighted by Gasteiger charge is -2.32. The first-order valence-corrected chi connectivity index (χ1v) is 10.5. The van der Waals surface area contributed by atoms with E-state index in [-0.39, 0.29) is 30.7 Å². The van der Waals surface area contributed by atoms with Crippen LogP contribution in [-0.2, 0) is 6.42 Å². The van der Waals surface area contributed by atoms with Gasteiger partial charge in [-0.3, -0.25) is 4.79 Å². The molecule has 0 spiro atoms. The Balaban J connectivity index is 0.00000171. The third kappa shape index (κ3) is 6.77. The van der Waals surface area contributed by atoms with Crippen LogP contribution in [0.4, 0.5) is 11.8 Å². The molecule has 1 amide bonds. The van der Waals surface area contributed by atoms with Crippen LogP contribution in [0.3, 0.4) is 0 Å². The topological polar surface area (TPSA) is 73.4 Å². The second-order valence-corrected chi connectivity index (χ2v) is 8.20. The van der Waals surface area contributed by atoms with Crippen molar-refractivity contribution in [2.75, 3.05) is 56.5 Å². The van der Waals surface area contributed by atoms with Crippen LogP contribution in [-0.4, -0.2) is 67.1 Å². The predicted molar refractivity (Wildman–Crippen MR) is 130 cm³/mol. The van der Waals surface area contributed by atoms with Gasteiger partial charge in [-0.1, -0.05) is 12.1 Å². The first-order valence-electron chi connectivity index (χ1n) is 10.5. The van der Waals surface area contributed by atoms with Crippen molar-refractivity contribution in [3.8, 4) is 0 Å². The highest BCUT2D eigenvalue weighted by atomic mass is 35.5. The number of aryl methyl sites for hydroxylation is 1. The van der Waals surface area contributed by atoms with E-state index >= 15 is 0 Å². The fourth-order valence-electron chi connectivity index (χ4n) is 3.97. The van der Waals surface area contributed by atoms with E-state index in [4.69, 9.17) is 0 Å². The molecule has 2 aliphatic rings. The lowest BCUT2D eigenvalue weighted by molar-refractivity contribution is 0.102. The summed E-state index contributed by atoms with van der Waals surface area (Å²) in [7, 11) is 2.12. The molecule has 2 N–H and O–H groups in total. The maximum atomic E-state index is 12.7. The van der Waals surface area contributed by atoms with E-state index in [0.29, 0.717) is 23.2 Å². The quantitative estimate of drug-likeness (QED) is 0.705. The van der Waals surface area contributed by atoms with Gasteiger partial charge in [-0.15, -0.1) is 24.8 Å². The van der Waals surface area contributed by atoms with Gasteiger partial charge in [-0.05, 0) is 63.5 Å². The van der Waals surface area contributed by atoms with E-state index in [9.17, 15) is 4.79 Å². The van der Waals surface area contributed by atoms with Crippen LogP contribution < -0.4 is 15.5 Å². The van der Waals surface area contributed by atoms with Gasteiger partial charge in [0.05, 0.1) is 0 Å². The fraction of sp³-hybridized carbons (Fsp3) is 0.500. The zero-order chi connectivity index (χ0) is 20.2. The van der Waals surface area contributed by atoms with Gasteiger partial charge >= 0.3 is 0 Å². The van der Waals surface area contributed by atoms with E-state index < -0.39 is 0 Å². The number of hydrogen-bond donors (Lipinski definition) is 2.